The molecule has 0 spiro atoms. The van der Waals surface area contributed by atoms with Crippen LogP contribution in [-0.2, 0) is 9.53 Å². The van der Waals surface area contributed by atoms with Crippen molar-refractivity contribution in [1.29, 1.82) is 0 Å². The summed E-state index contributed by atoms with van der Waals surface area (Å²) in [5.74, 6) is 0.0362. The minimum atomic E-state index is -0.622. The Labute approximate surface area is 160 Å². The highest BCUT2D eigenvalue weighted by Crippen LogP contribution is 2.11. The molecule has 8 nitrogen and oxygen atoms in total. The molecule has 3 aromatic rings. The van der Waals surface area contributed by atoms with Crippen LogP contribution in [0.1, 0.15) is 19.4 Å². The molecular formula is C20H19N3O5. The van der Waals surface area contributed by atoms with E-state index in [0.717, 1.165) is 4.68 Å². The first-order chi connectivity index (χ1) is 13.4. The first-order valence-corrected chi connectivity index (χ1v) is 8.65. The lowest BCUT2D eigenvalue weighted by Gasteiger charge is -2.09. The van der Waals surface area contributed by atoms with Gasteiger partial charge in [-0.25, -0.2) is 9.59 Å². The molecule has 0 radical (unpaired) electrons. The monoisotopic (exact) mass is 381 g/mol. The third-order valence-electron chi connectivity index (χ3n) is 3.71. The average Bonchev–Trinajstić information content (AvgIpc) is 2.66. The summed E-state index contributed by atoms with van der Waals surface area (Å²) >= 11 is 0. The lowest BCUT2D eigenvalue weighted by molar-refractivity contribution is -0.149. The van der Waals surface area contributed by atoms with Crippen molar-refractivity contribution in [1.82, 2.24) is 9.66 Å². The summed E-state index contributed by atoms with van der Waals surface area (Å²) in [7, 11) is 0. The third kappa shape index (κ3) is 4.53. The Balaban J connectivity index is 1.73. The van der Waals surface area contributed by atoms with Gasteiger partial charge in [-0.15, -0.1) is 4.68 Å². The van der Waals surface area contributed by atoms with Crippen molar-refractivity contribution in [3.63, 3.8) is 0 Å². The second-order valence-electron chi connectivity index (χ2n) is 6.23. The molecule has 28 heavy (non-hydrogen) atoms. The van der Waals surface area contributed by atoms with Crippen LogP contribution in [0.2, 0.25) is 0 Å². The predicted molar refractivity (Wildman–Crippen MR) is 105 cm³/mol. The zero-order chi connectivity index (χ0) is 20.1. The van der Waals surface area contributed by atoms with Crippen LogP contribution in [0.25, 0.3) is 10.9 Å². The average molecular weight is 381 g/mol. The summed E-state index contributed by atoms with van der Waals surface area (Å²) in [6, 6.07) is 13.4. The second kappa shape index (κ2) is 8.34. The SMILES string of the molecule is CC(C)OC(=O)COc1ccc(C=Nn2c(=O)[nH]c3ccccc3c2=O)cc1. The molecule has 0 fully saturated rings. The quantitative estimate of drug-likeness (QED) is 0.519. The molecule has 0 aliphatic rings. The van der Waals surface area contributed by atoms with E-state index >= 15 is 0 Å². The Bertz CT molecular complexity index is 1130. The summed E-state index contributed by atoms with van der Waals surface area (Å²) in [6.07, 6.45) is 1.19. The highest BCUT2D eigenvalue weighted by Gasteiger charge is 2.07. The van der Waals surface area contributed by atoms with Gasteiger partial charge in [0.25, 0.3) is 5.56 Å². The van der Waals surface area contributed by atoms with E-state index < -0.39 is 17.2 Å². The lowest BCUT2D eigenvalue weighted by atomic mass is 10.2. The highest BCUT2D eigenvalue weighted by molar-refractivity contribution is 5.80. The van der Waals surface area contributed by atoms with Crippen LogP contribution in [0.15, 0.2) is 63.2 Å². The van der Waals surface area contributed by atoms with Gasteiger partial charge in [0, 0.05) is 0 Å². The number of nitrogens with zero attached hydrogens (tertiary/aromatic N) is 2. The van der Waals surface area contributed by atoms with Crippen molar-refractivity contribution >= 4 is 23.1 Å². The van der Waals surface area contributed by atoms with E-state index in [4.69, 9.17) is 9.47 Å². The number of ether oxygens (including phenoxy) is 2. The number of para-hydroxylation sites is 1. The first kappa shape index (κ1) is 19.1. The van der Waals surface area contributed by atoms with Gasteiger partial charge in [-0.1, -0.05) is 12.1 Å². The Morgan fingerprint density at radius 3 is 2.57 bits per heavy atom. The number of aromatic amines is 1. The third-order valence-corrected chi connectivity index (χ3v) is 3.71. The molecule has 1 aromatic heterocycles. The molecule has 0 amide bonds. The number of nitrogens with one attached hydrogen (secondary N) is 1. The number of hydrogen-bond acceptors (Lipinski definition) is 6. The maximum atomic E-state index is 12.4. The van der Waals surface area contributed by atoms with E-state index in [-0.39, 0.29) is 12.7 Å². The van der Waals surface area contributed by atoms with Crippen molar-refractivity contribution in [3.8, 4) is 5.75 Å². The van der Waals surface area contributed by atoms with Crippen LogP contribution in [0.3, 0.4) is 0 Å². The summed E-state index contributed by atoms with van der Waals surface area (Å²) in [5, 5.41) is 4.35. The summed E-state index contributed by atoms with van der Waals surface area (Å²) in [4.78, 5) is 38.6. The number of benzene rings is 2. The van der Waals surface area contributed by atoms with E-state index in [1.54, 1.807) is 62.4 Å². The summed E-state index contributed by atoms with van der Waals surface area (Å²) in [5.41, 5.74) is -0.0132. The molecule has 0 saturated carbocycles. The van der Waals surface area contributed by atoms with Gasteiger partial charge in [-0.3, -0.25) is 4.79 Å². The van der Waals surface area contributed by atoms with Gasteiger partial charge in [-0.2, -0.15) is 5.10 Å². The van der Waals surface area contributed by atoms with Gasteiger partial charge < -0.3 is 14.5 Å². The predicted octanol–water partition coefficient (Wildman–Crippen LogP) is 1.90. The molecule has 0 aliphatic heterocycles. The van der Waals surface area contributed by atoms with Gasteiger partial charge in [-0.05, 0) is 55.8 Å². The molecule has 3 rings (SSSR count). The van der Waals surface area contributed by atoms with E-state index in [1.165, 1.54) is 6.21 Å². The lowest BCUT2D eigenvalue weighted by Crippen LogP contribution is -2.32. The van der Waals surface area contributed by atoms with Gasteiger partial charge in [0.2, 0.25) is 0 Å². The normalized spacial score (nSPS) is 11.2. The number of aromatic nitrogens is 2. The standard InChI is InChI=1S/C20H19N3O5/c1-13(2)28-18(24)12-27-15-9-7-14(8-10-15)11-21-23-19(25)16-5-3-4-6-17(16)22-20(23)26/h3-11,13H,12H2,1-2H3,(H,22,26). The molecular weight excluding hydrogens is 362 g/mol. The van der Waals surface area contributed by atoms with Crippen molar-refractivity contribution in [2.45, 2.75) is 20.0 Å². The minimum Gasteiger partial charge on any atom is -0.482 e. The zero-order valence-corrected chi connectivity index (χ0v) is 15.4. The molecule has 8 heteroatoms. The van der Waals surface area contributed by atoms with Gasteiger partial charge in [0.1, 0.15) is 5.75 Å². The number of fused-ring (bicyclic) bond motifs is 1. The van der Waals surface area contributed by atoms with Crippen LogP contribution >= 0.6 is 0 Å². The van der Waals surface area contributed by atoms with Crippen LogP contribution in [0, 0.1) is 0 Å². The van der Waals surface area contributed by atoms with Gasteiger partial charge >= 0.3 is 11.7 Å². The number of carbonyl (C=O) groups is 1. The largest absolute Gasteiger partial charge is 0.482 e. The Morgan fingerprint density at radius 2 is 1.86 bits per heavy atom. The molecule has 1 heterocycles. The first-order valence-electron chi connectivity index (χ1n) is 8.65. The van der Waals surface area contributed by atoms with Crippen molar-refractivity contribution in [2.24, 2.45) is 5.10 Å². The van der Waals surface area contributed by atoms with Crippen molar-refractivity contribution in [2.75, 3.05) is 6.61 Å². The molecule has 2 aromatic carbocycles. The number of hydrogen-bond donors (Lipinski definition) is 1. The Hall–Kier alpha value is -3.68. The number of H-pyrrole nitrogens is 1. The fourth-order valence-electron chi connectivity index (χ4n) is 2.47. The van der Waals surface area contributed by atoms with E-state index in [9.17, 15) is 14.4 Å². The van der Waals surface area contributed by atoms with E-state index in [1.807, 2.05) is 0 Å². The van der Waals surface area contributed by atoms with Crippen LogP contribution in [-0.4, -0.2) is 34.6 Å². The molecule has 0 saturated heterocycles. The number of rotatable bonds is 6. The zero-order valence-electron chi connectivity index (χ0n) is 15.4. The second-order valence-corrected chi connectivity index (χ2v) is 6.23. The minimum absolute atomic E-state index is 0.187. The maximum absolute atomic E-state index is 12.4. The molecule has 1 N–H and O–H groups in total. The van der Waals surface area contributed by atoms with Crippen LogP contribution < -0.4 is 16.0 Å². The molecule has 0 aliphatic carbocycles. The van der Waals surface area contributed by atoms with E-state index in [2.05, 4.69) is 10.1 Å². The van der Waals surface area contributed by atoms with Crippen molar-refractivity contribution < 1.29 is 14.3 Å². The molecule has 144 valence electrons. The molecule has 0 bridgehead atoms. The number of carbonyl (C=O) groups excluding carboxylic acids is 1. The molecule has 0 atom stereocenters. The van der Waals surface area contributed by atoms with Gasteiger partial charge in [0.15, 0.2) is 6.61 Å². The fourth-order valence-corrected chi connectivity index (χ4v) is 2.47. The van der Waals surface area contributed by atoms with Crippen LogP contribution in [0.4, 0.5) is 0 Å². The van der Waals surface area contributed by atoms with Gasteiger partial charge in [0.05, 0.1) is 23.2 Å². The smallest absolute Gasteiger partial charge is 0.349 e. The Kier molecular flexibility index (Phi) is 5.69. The Morgan fingerprint density at radius 1 is 1.14 bits per heavy atom. The fraction of sp³-hybridized carbons (Fsp3) is 0.200. The van der Waals surface area contributed by atoms with E-state index in [0.29, 0.717) is 22.2 Å². The topological polar surface area (TPSA) is 103 Å². The summed E-state index contributed by atoms with van der Waals surface area (Å²) in [6.45, 7) is 3.34. The van der Waals surface area contributed by atoms with Crippen LogP contribution in [0.5, 0.6) is 5.75 Å². The highest BCUT2D eigenvalue weighted by atomic mass is 16.6. The maximum Gasteiger partial charge on any atom is 0.349 e. The molecule has 0 unspecified atom stereocenters. The number of esters is 1. The van der Waals surface area contributed by atoms with Crippen molar-refractivity contribution in [3.05, 3.63) is 74.9 Å². The summed E-state index contributed by atoms with van der Waals surface area (Å²) < 4.78 is 11.1.